The van der Waals surface area contributed by atoms with E-state index in [0.29, 0.717) is 6.04 Å². The fraction of sp³-hybridized carbons (Fsp3) is 0.571. The van der Waals surface area contributed by atoms with Crippen LogP contribution in [0.3, 0.4) is 0 Å². The summed E-state index contributed by atoms with van der Waals surface area (Å²) >= 11 is 0. The molecular formula is C14H21FN2. The Morgan fingerprint density at radius 2 is 1.76 bits per heavy atom. The van der Waals surface area contributed by atoms with E-state index in [0.717, 1.165) is 37.4 Å². The molecule has 0 radical (unpaired) electrons. The van der Waals surface area contributed by atoms with Crippen LogP contribution in [-0.4, -0.2) is 12.6 Å². The fourth-order valence-corrected chi connectivity index (χ4v) is 2.42. The summed E-state index contributed by atoms with van der Waals surface area (Å²) in [6.45, 7) is 1.87. The van der Waals surface area contributed by atoms with E-state index in [9.17, 15) is 4.39 Å². The highest BCUT2D eigenvalue weighted by atomic mass is 19.1. The third kappa shape index (κ3) is 4.10. The molecule has 1 saturated carbocycles. The average Bonchev–Trinajstić information content (AvgIpc) is 2.34. The Morgan fingerprint density at radius 3 is 2.41 bits per heavy atom. The second-order valence-corrected chi connectivity index (χ2v) is 5.04. The van der Waals surface area contributed by atoms with Gasteiger partial charge in [-0.15, -0.1) is 0 Å². The molecule has 1 aromatic rings. The Hall–Kier alpha value is -0.930. The third-order valence-electron chi connectivity index (χ3n) is 3.57. The predicted molar refractivity (Wildman–Crippen MR) is 68.0 cm³/mol. The van der Waals surface area contributed by atoms with Gasteiger partial charge in [-0.1, -0.05) is 12.1 Å². The summed E-state index contributed by atoms with van der Waals surface area (Å²) in [5.74, 6) is 0.588. The van der Waals surface area contributed by atoms with Crippen molar-refractivity contribution in [2.75, 3.05) is 6.54 Å². The van der Waals surface area contributed by atoms with Crippen LogP contribution in [0.5, 0.6) is 0 Å². The summed E-state index contributed by atoms with van der Waals surface area (Å²) in [5, 5.41) is 3.44. The van der Waals surface area contributed by atoms with Crippen LogP contribution < -0.4 is 11.1 Å². The van der Waals surface area contributed by atoms with Crippen molar-refractivity contribution in [2.45, 2.75) is 38.3 Å². The summed E-state index contributed by atoms with van der Waals surface area (Å²) in [5.41, 5.74) is 7.01. The fourth-order valence-electron chi connectivity index (χ4n) is 2.42. The van der Waals surface area contributed by atoms with E-state index in [4.69, 9.17) is 5.73 Å². The maximum atomic E-state index is 12.7. The average molecular weight is 236 g/mol. The highest BCUT2D eigenvalue weighted by Gasteiger charge is 2.17. The van der Waals surface area contributed by atoms with Gasteiger partial charge >= 0.3 is 0 Å². The molecule has 0 unspecified atom stereocenters. The van der Waals surface area contributed by atoms with Gasteiger partial charge in [-0.2, -0.15) is 0 Å². The number of rotatable bonds is 4. The molecule has 2 nitrogen and oxygen atoms in total. The van der Waals surface area contributed by atoms with Gasteiger partial charge in [0.25, 0.3) is 0 Å². The largest absolute Gasteiger partial charge is 0.328 e. The molecule has 3 heteroatoms. The number of hydrogen-bond donors (Lipinski definition) is 2. The molecule has 94 valence electrons. The maximum Gasteiger partial charge on any atom is 0.123 e. The summed E-state index contributed by atoms with van der Waals surface area (Å²) in [6.07, 6.45) is 4.78. The molecular weight excluding hydrogens is 215 g/mol. The summed E-state index contributed by atoms with van der Waals surface area (Å²) in [4.78, 5) is 0. The normalized spacial score (nSPS) is 24.8. The number of halogens is 1. The van der Waals surface area contributed by atoms with Crippen molar-refractivity contribution in [3.8, 4) is 0 Å². The summed E-state index contributed by atoms with van der Waals surface area (Å²) in [6, 6.07) is 7.11. The van der Waals surface area contributed by atoms with E-state index >= 15 is 0 Å². The van der Waals surface area contributed by atoms with Crippen molar-refractivity contribution in [1.82, 2.24) is 5.32 Å². The molecule has 1 aromatic carbocycles. The molecule has 1 fully saturated rings. The van der Waals surface area contributed by atoms with Gasteiger partial charge in [0.05, 0.1) is 0 Å². The zero-order chi connectivity index (χ0) is 12.1. The molecule has 2 rings (SSSR count). The molecule has 0 aliphatic heterocycles. The first kappa shape index (κ1) is 12.5. The monoisotopic (exact) mass is 236 g/mol. The van der Waals surface area contributed by atoms with Crippen LogP contribution in [0.4, 0.5) is 4.39 Å². The van der Waals surface area contributed by atoms with Gasteiger partial charge in [0.15, 0.2) is 0 Å². The lowest BCUT2D eigenvalue weighted by atomic mass is 9.86. The Labute approximate surface area is 102 Å². The van der Waals surface area contributed by atoms with Crippen molar-refractivity contribution >= 4 is 0 Å². The second kappa shape index (κ2) is 6.12. The minimum atomic E-state index is -0.171. The molecule has 0 spiro atoms. The molecule has 3 N–H and O–H groups in total. The smallest absolute Gasteiger partial charge is 0.123 e. The number of hydrogen-bond acceptors (Lipinski definition) is 2. The molecule has 0 atom stereocenters. The topological polar surface area (TPSA) is 38.0 Å². The molecule has 0 aromatic heterocycles. The molecule has 1 aliphatic rings. The van der Waals surface area contributed by atoms with Crippen molar-refractivity contribution in [3.05, 3.63) is 35.6 Å². The van der Waals surface area contributed by atoms with Crippen LogP contribution in [0.25, 0.3) is 0 Å². The van der Waals surface area contributed by atoms with Gasteiger partial charge in [-0.25, -0.2) is 4.39 Å². The second-order valence-electron chi connectivity index (χ2n) is 5.04. The van der Waals surface area contributed by atoms with E-state index in [2.05, 4.69) is 5.32 Å². The molecule has 0 heterocycles. The van der Waals surface area contributed by atoms with E-state index in [1.54, 1.807) is 0 Å². The van der Waals surface area contributed by atoms with Crippen molar-refractivity contribution < 1.29 is 4.39 Å². The molecule has 1 aliphatic carbocycles. The summed E-state index contributed by atoms with van der Waals surface area (Å²) in [7, 11) is 0. The van der Waals surface area contributed by atoms with Crippen molar-refractivity contribution in [2.24, 2.45) is 11.7 Å². The maximum absolute atomic E-state index is 12.7. The third-order valence-corrected chi connectivity index (χ3v) is 3.57. The van der Waals surface area contributed by atoms with Crippen LogP contribution in [0, 0.1) is 11.7 Å². The summed E-state index contributed by atoms with van der Waals surface area (Å²) < 4.78 is 12.7. The molecule has 0 bridgehead atoms. The Bertz CT molecular complexity index is 329. The van der Waals surface area contributed by atoms with Crippen molar-refractivity contribution in [1.29, 1.82) is 0 Å². The lowest BCUT2D eigenvalue weighted by Crippen LogP contribution is -2.31. The van der Waals surface area contributed by atoms with Crippen LogP contribution in [0.2, 0.25) is 0 Å². The highest BCUT2D eigenvalue weighted by molar-refractivity contribution is 5.15. The molecule has 0 saturated heterocycles. The zero-order valence-corrected chi connectivity index (χ0v) is 10.2. The van der Waals surface area contributed by atoms with Crippen LogP contribution in [0.1, 0.15) is 31.2 Å². The number of nitrogens with two attached hydrogens (primary N) is 1. The zero-order valence-electron chi connectivity index (χ0n) is 10.2. The van der Waals surface area contributed by atoms with E-state index in [1.807, 2.05) is 12.1 Å². The van der Waals surface area contributed by atoms with Gasteiger partial charge in [-0.3, -0.25) is 0 Å². The van der Waals surface area contributed by atoms with Crippen LogP contribution in [0.15, 0.2) is 24.3 Å². The van der Waals surface area contributed by atoms with Crippen molar-refractivity contribution in [3.63, 3.8) is 0 Å². The standard InChI is InChI=1S/C14H21FN2/c15-13-5-1-11(2-6-13)9-17-10-12-3-7-14(16)8-4-12/h1-2,5-6,12,14,17H,3-4,7-10,16H2. The minimum absolute atomic E-state index is 0.171. The van der Waals surface area contributed by atoms with Crippen LogP contribution >= 0.6 is 0 Å². The number of nitrogens with one attached hydrogen (secondary N) is 1. The van der Waals surface area contributed by atoms with E-state index < -0.39 is 0 Å². The quantitative estimate of drug-likeness (QED) is 0.842. The predicted octanol–water partition coefficient (Wildman–Crippen LogP) is 2.43. The lowest BCUT2D eigenvalue weighted by Gasteiger charge is -2.26. The van der Waals surface area contributed by atoms with E-state index in [-0.39, 0.29) is 5.82 Å². The Kier molecular flexibility index (Phi) is 4.51. The van der Waals surface area contributed by atoms with Gasteiger partial charge in [0.1, 0.15) is 5.82 Å². The first-order valence-corrected chi connectivity index (χ1v) is 6.45. The Balaban J connectivity index is 1.67. The molecule has 0 amide bonds. The lowest BCUT2D eigenvalue weighted by molar-refractivity contribution is 0.314. The van der Waals surface area contributed by atoms with Gasteiger partial charge < -0.3 is 11.1 Å². The van der Waals surface area contributed by atoms with Gasteiger partial charge in [0, 0.05) is 12.6 Å². The first-order chi connectivity index (χ1) is 8.24. The number of benzene rings is 1. The SMILES string of the molecule is NC1CCC(CNCc2ccc(F)cc2)CC1. The van der Waals surface area contributed by atoms with Gasteiger partial charge in [-0.05, 0) is 55.8 Å². The highest BCUT2D eigenvalue weighted by Crippen LogP contribution is 2.22. The first-order valence-electron chi connectivity index (χ1n) is 6.45. The van der Waals surface area contributed by atoms with Gasteiger partial charge in [0.2, 0.25) is 0 Å². The minimum Gasteiger partial charge on any atom is -0.328 e. The van der Waals surface area contributed by atoms with Crippen LogP contribution in [-0.2, 0) is 6.54 Å². The molecule has 17 heavy (non-hydrogen) atoms. The van der Waals surface area contributed by atoms with E-state index in [1.165, 1.54) is 25.0 Å². The Morgan fingerprint density at radius 1 is 1.12 bits per heavy atom.